The first-order valence-electron chi connectivity index (χ1n) is 6.12. The van der Waals surface area contributed by atoms with E-state index in [1.54, 1.807) is 32.3 Å². The van der Waals surface area contributed by atoms with Crippen molar-refractivity contribution in [1.82, 2.24) is 9.80 Å². The number of aliphatic carboxylic acids is 1. The zero-order valence-electron chi connectivity index (χ0n) is 11.8. The van der Waals surface area contributed by atoms with Crippen LogP contribution in [0.15, 0.2) is 24.3 Å². The number of benzene rings is 1. The summed E-state index contributed by atoms with van der Waals surface area (Å²) in [5.74, 6) is -1.45. The maximum Gasteiger partial charge on any atom is 0.305 e. The molecule has 0 unspecified atom stereocenters. The van der Waals surface area contributed by atoms with Crippen molar-refractivity contribution >= 4 is 17.8 Å². The fourth-order valence-corrected chi connectivity index (χ4v) is 1.63. The summed E-state index contributed by atoms with van der Waals surface area (Å²) in [5.41, 5.74) is 0.790. The number of hydrogen-bond acceptors (Lipinski definition) is 3. The Kier molecular flexibility index (Phi) is 5.25. The van der Waals surface area contributed by atoms with Crippen LogP contribution in [0.2, 0.25) is 0 Å². The van der Waals surface area contributed by atoms with Gasteiger partial charge in [-0.2, -0.15) is 0 Å². The maximum absolute atomic E-state index is 12.1. The summed E-state index contributed by atoms with van der Waals surface area (Å²) in [4.78, 5) is 37.2. The van der Waals surface area contributed by atoms with Crippen molar-refractivity contribution in [2.24, 2.45) is 0 Å². The first kappa shape index (κ1) is 15.7. The van der Waals surface area contributed by atoms with E-state index in [4.69, 9.17) is 5.11 Å². The lowest BCUT2D eigenvalue weighted by Crippen LogP contribution is -2.29. The third-order valence-electron chi connectivity index (χ3n) is 2.77. The summed E-state index contributed by atoms with van der Waals surface area (Å²) in [6, 6.07) is 6.39. The van der Waals surface area contributed by atoms with Gasteiger partial charge in [0.15, 0.2) is 0 Å². The second-order valence-corrected chi connectivity index (χ2v) is 4.65. The normalized spacial score (nSPS) is 9.95. The van der Waals surface area contributed by atoms with Gasteiger partial charge in [0.05, 0.1) is 6.42 Å². The maximum atomic E-state index is 12.1. The molecular formula is C14H18N2O4. The molecule has 1 aromatic rings. The Labute approximate surface area is 117 Å². The average Bonchev–Trinajstić information content (AvgIpc) is 2.43. The fraction of sp³-hybridized carbons (Fsp3) is 0.357. The first-order chi connectivity index (χ1) is 9.32. The van der Waals surface area contributed by atoms with E-state index in [9.17, 15) is 14.4 Å². The summed E-state index contributed by atoms with van der Waals surface area (Å²) >= 11 is 0. The molecule has 0 aliphatic heterocycles. The van der Waals surface area contributed by atoms with Crippen molar-refractivity contribution in [2.45, 2.75) is 6.42 Å². The summed E-state index contributed by atoms with van der Waals surface area (Å²) in [6.07, 6.45) is -0.113. The molecule has 1 aromatic carbocycles. The van der Waals surface area contributed by atoms with E-state index in [1.165, 1.54) is 22.9 Å². The Hall–Kier alpha value is -2.37. The number of nitrogens with zero attached hydrogens (tertiary/aromatic N) is 2. The van der Waals surface area contributed by atoms with E-state index in [0.717, 1.165) is 0 Å². The zero-order chi connectivity index (χ0) is 15.3. The predicted octanol–water partition coefficient (Wildman–Crippen LogP) is 0.935. The Morgan fingerprint density at radius 2 is 1.60 bits per heavy atom. The van der Waals surface area contributed by atoms with Crippen LogP contribution in [0.5, 0.6) is 0 Å². The van der Waals surface area contributed by atoms with Crippen LogP contribution in [0.4, 0.5) is 0 Å². The summed E-state index contributed by atoms with van der Waals surface area (Å²) in [6.45, 7) is 0.125. The van der Waals surface area contributed by atoms with E-state index in [1.807, 2.05) is 0 Å². The molecule has 0 heterocycles. The highest BCUT2D eigenvalue weighted by molar-refractivity contribution is 5.99. The van der Waals surface area contributed by atoms with Crippen molar-refractivity contribution in [3.05, 3.63) is 35.4 Å². The van der Waals surface area contributed by atoms with Crippen molar-refractivity contribution in [3.8, 4) is 0 Å². The molecule has 0 radical (unpaired) electrons. The zero-order valence-corrected chi connectivity index (χ0v) is 11.8. The van der Waals surface area contributed by atoms with Gasteiger partial charge in [-0.1, -0.05) is 6.07 Å². The van der Waals surface area contributed by atoms with Crippen molar-refractivity contribution in [3.63, 3.8) is 0 Å². The Bertz CT molecular complexity index is 526. The molecule has 0 saturated carbocycles. The molecule has 0 aromatic heterocycles. The molecule has 1 rings (SSSR count). The molecule has 0 saturated heterocycles. The number of hydrogen-bond donors (Lipinski definition) is 1. The minimum Gasteiger partial charge on any atom is -0.481 e. The molecule has 2 amide bonds. The number of carboxylic acids is 1. The summed E-state index contributed by atoms with van der Waals surface area (Å²) in [7, 11) is 4.80. The van der Waals surface area contributed by atoms with Gasteiger partial charge in [-0.05, 0) is 18.2 Å². The number of carbonyl (C=O) groups is 3. The highest BCUT2D eigenvalue weighted by Crippen LogP contribution is 2.09. The smallest absolute Gasteiger partial charge is 0.305 e. The Balaban J connectivity index is 2.86. The van der Waals surface area contributed by atoms with Gasteiger partial charge >= 0.3 is 5.97 Å². The van der Waals surface area contributed by atoms with Crippen LogP contribution >= 0.6 is 0 Å². The molecule has 0 bridgehead atoms. The van der Waals surface area contributed by atoms with Gasteiger partial charge in [0.2, 0.25) is 0 Å². The van der Waals surface area contributed by atoms with Crippen LogP contribution in [0.3, 0.4) is 0 Å². The van der Waals surface area contributed by atoms with Gasteiger partial charge in [0.1, 0.15) is 0 Å². The molecule has 108 valence electrons. The molecule has 6 nitrogen and oxygen atoms in total. The lowest BCUT2D eigenvalue weighted by Gasteiger charge is -2.17. The quantitative estimate of drug-likeness (QED) is 0.869. The van der Waals surface area contributed by atoms with Crippen LogP contribution in [0.25, 0.3) is 0 Å². The largest absolute Gasteiger partial charge is 0.481 e. The predicted molar refractivity (Wildman–Crippen MR) is 73.7 cm³/mol. The van der Waals surface area contributed by atoms with Gasteiger partial charge in [-0.25, -0.2) is 0 Å². The lowest BCUT2D eigenvalue weighted by molar-refractivity contribution is -0.137. The van der Waals surface area contributed by atoms with Crippen molar-refractivity contribution in [2.75, 3.05) is 27.7 Å². The molecule has 20 heavy (non-hydrogen) atoms. The molecule has 0 aliphatic carbocycles. The molecular weight excluding hydrogens is 260 g/mol. The minimum atomic E-state index is -0.957. The Morgan fingerprint density at radius 1 is 1.05 bits per heavy atom. The molecule has 0 aliphatic rings. The van der Waals surface area contributed by atoms with Crippen LogP contribution in [-0.2, 0) is 4.79 Å². The van der Waals surface area contributed by atoms with E-state index in [-0.39, 0.29) is 24.8 Å². The van der Waals surface area contributed by atoms with E-state index in [0.29, 0.717) is 11.1 Å². The number of carbonyl (C=O) groups excluding carboxylic acids is 2. The molecule has 6 heteroatoms. The SMILES string of the molecule is CN(C)C(=O)c1cccc(C(=O)N(C)CCC(=O)O)c1. The molecule has 1 N–H and O–H groups in total. The van der Waals surface area contributed by atoms with Crippen LogP contribution in [0, 0.1) is 0 Å². The molecule has 0 atom stereocenters. The third-order valence-corrected chi connectivity index (χ3v) is 2.77. The standard InChI is InChI=1S/C14H18N2O4/c1-15(2)13(19)10-5-4-6-11(9-10)14(20)16(3)8-7-12(17)18/h4-6,9H,7-8H2,1-3H3,(H,17,18). The van der Waals surface area contributed by atoms with Gasteiger partial charge in [-0.3, -0.25) is 14.4 Å². The number of carboxylic acid groups (broad SMARTS) is 1. The van der Waals surface area contributed by atoms with Crippen molar-refractivity contribution < 1.29 is 19.5 Å². The summed E-state index contributed by atoms with van der Waals surface area (Å²) in [5, 5.41) is 8.60. The highest BCUT2D eigenvalue weighted by atomic mass is 16.4. The van der Waals surface area contributed by atoms with Crippen molar-refractivity contribution in [1.29, 1.82) is 0 Å². The van der Waals surface area contributed by atoms with E-state index in [2.05, 4.69) is 0 Å². The van der Waals surface area contributed by atoms with Gasteiger partial charge in [-0.15, -0.1) is 0 Å². The number of rotatable bonds is 5. The molecule has 0 spiro atoms. The second kappa shape index (κ2) is 6.70. The minimum absolute atomic E-state index is 0.113. The number of amides is 2. The average molecular weight is 278 g/mol. The van der Waals surface area contributed by atoms with Crippen LogP contribution in [0.1, 0.15) is 27.1 Å². The summed E-state index contributed by atoms with van der Waals surface area (Å²) < 4.78 is 0. The van der Waals surface area contributed by atoms with Crippen LogP contribution in [-0.4, -0.2) is 60.4 Å². The van der Waals surface area contributed by atoms with Gasteiger partial charge in [0.25, 0.3) is 11.8 Å². The first-order valence-corrected chi connectivity index (χ1v) is 6.12. The van der Waals surface area contributed by atoms with E-state index < -0.39 is 5.97 Å². The Morgan fingerprint density at radius 3 is 2.10 bits per heavy atom. The fourth-order valence-electron chi connectivity index (χ4n) is 1.63. The molecule has 0 fully saturated rings. The monoisotopic (exact) mass is 278 g/mol. The van der Waals surface area contributed by atoms with E-state index >= 15 is 0 Å². The topological polar surface area (TPSA) is 77.9 Å². The van der Waals surface area contributed by atoms with Crippen LogP contribution < -0.4 is 0 Å². The third kappa shape index (κ3) is 4.08. The lowest BCUT2D eigenvalue weighted by atomic mass is 10.1. The van der Waals surface area contributed by atoms with Gasteiger partial charge < -0.3 is 14.9 Å². The highest BCUT2D eigenvalue weighted by Gasteiger charge is 2.15. The second-order valence-electron chi connectivity index (χ2n) is 4.65. The van der Waals surface area contributed by atoms with Gasteiger partial charge in [0, 0.05) is 38.8 Å².